The highest BCUT2D eigenvalue weighted by molar-refractivity contribution is 5.82. The lowest BCUT2D eigenvalue weighted by Gasteiger charge is -2.19. The van der Waals surface area contributed by atoms with Crippen LogP contribution in [0.1, 0.15) is 44.1 Å². The molecule has 0 saturated heterocycles. The van der Waals surface area contributed by atoms with E-state index in [0.29, 0.717) is 23.7 Å². The zero-order chi connectivity index (χ0) is 16.8. The molecule has 0 bridgehead atoms. The number of aromatic nitrogens is 1. The average molecular weight is 327 g/mol. The molecule has 2 saturated carbocycles. The van der Waals surface area contributed by atoms with Gasteiger partial charge < -0.3 is 5.11 Å². The first-order chi connectivity index (χ1) is 11.5. The maximum Gasteiger partial charge on any atom is 0.306 e. The first-order valence-electron chi connectivity index (χ1n) is 8.80. The Kier molecular flexibility index (Phi) is 3.78. The van der Waals surface area contributed by atoms with E-state index < -0.39 is 5.97 Å². The van der Waals surface area contributed by atoms with E-state index in [4.69, 9.17) is 0 Å². The highest BCUT2D eigenvalue weighted by Crippen LogP contribution is 2.54. The van der Waals surface area contributed by atoms with Gasteiger partial charge in [0, 0.05) is 11.6 Å². The molecule has 2 aliphatic carbocycles. The molecule has 2 aliphatic rings. The first-order valence-corrected chi connectivity index (χ1v) is 8.80. The maximum atomic E-state index is 13.7. The van der Waals surface area contributed by atoms with Gasteiger partial charge in [-0.05, 0) is 79.2 Å². The summed E-state index contributed by atoms with van der Waals surface area (Å²) in [5.74, 6) is 0.831. The summed E-state index contributed by atoms with van der Waals surface area (Å²) in [7, 11) is 0. The number of rotatable bonds is 3. The molecule has 0 spiro atoms. The second-order valence-corrected chi connectivity index (χ2v) is 7.61. The standard InChI is InChI=1S/C20H22FNO2/c1-11(20(23)24)12-6-13-8-15(9-14(13)7-12)17-4-5-22-19-3-2-16(21)10-18(17)19/h2-5,10-15H,6-9H2,1H3,(H,23,24)/t11-,12-,13-,14+,15+/m1/s1. The number of aliphatic carboxylic acids is 1. The molecule has 4 heteroatoms. The predicted molar refractivity (Wildman–Crippen MR) is 90.2 cm³/mol. The minimum Gasteiger partial charge on any atom is -0.481 e. The van der Waals surface area contributed by atoms with E-state index in [1.165, 1.54) is 11.6 Å². The van der Waals surface area contributed by atoms with Gasteiger partial charge in [0.15, 0.2) is 0 Å². The van der Waals surface area contributed by atoms with Crippen LogP contribution in [0.15, 0.2) is 30.5 Å². The Hall–Kier alpha value is -1.97. The Labute approximate surface area is 140 Å². The normalized spacial score (nSPS) is 30.4. The Bertz CT molecular complexity index is 776. The fraction of sp³-hybridized carbons (Fsp3) is 0.500. The van der Waals surface area contributed by atoms with Crippen LogP contribution in [0.2, 0.25) is 0 Å². The van der Waals surface area contributed by atoms with Crippen molar-refractivity contribution >= 4 is 16.9 Å². The second kappa shape index (κ2) is 5.83. The molecule has 1 heterocycles. The lowest BCUT2D eigenvalue weighted by atomic mass is 9.86. The van der Waals surface area contributed by atoms with Crippen molar-refractivity contribution < 1.29 is 14.3 Å². The third-order valence-corrected chi connectivity index (χ3v) is 6.33. The molecule has 2 aromatic rings. The van der Waals surface area contributed by atoms with Gasteiger partial charge in [-0.25, -0.2) is 4.39 Å². The number of hydrogen-bond acceptors (Lipinski definition) is 2. The summed E-state index contributed by atoms with van der Waals surface area (Å²) in [6.07, 6.45) is 6.03. The van der Waals surface area contributed by atoms with E-state index in [-0.39, 0.29) is 11.7 Å². The van der Waals surface area contributed by atoms with Gasteiger partial charge in [0.25, 0.3) is 0 Å². The largest absolute Gasteiger partial charge is 0.481 e. The van der Waals surface area contributed by atoms with Crippen molar-refractivity contribution in [2.24, 2.45) is 23.7 Å². The predicted octanol–water partition coefficient (Wildman–Crippen LogP) is 4.61. The Morgan fingerprint density at radius 3 is 2.58 bits per heavy atom. The van der Waals surface area contributed by atoms with E-state index in [2.05, 4.69) is 4.98 Å². The van der Waals surface area contributed by atoms with E-state index in [0.717, 1.165) is 36.6 Å². The highest BCUT2D eigenvalue weighted by Gasteiger charge is 2.44. The van der Waals surface area contributed by atoms with Crippen LogP contribution in [0.25, 0.3) is 10.9 Å². The Morgan fingerprint density at radius 2 is 1.92 bits per heavy atom. The van der Waals surface area contributed by atoms with Crippen molar-refractivity contribution in [2.45, 2.75) is 38.5 Å². The molecule has 1 aromatic carbocycles. The summed E-state index contributed by atoms with van der Waals surface area (Å²) >= 11 is 0. The number of nitrogens with zero attached hydrogens (tertiary/aromatic N) is 1. The van der Waals surface area contributed by atoms with E-state index in [1.807, 2.05) is 19.2 Å². The van der Waals surface area contributed by atoms with Crippen molar-refractivity contribution in [2.75, 3.05) is 0 Å². The van der Waals surface area contributed by atoms with Crippen LogP contribution in [0.3, 0.4) is 0 Å². The molecule has 4 rings (SSSR count). The number of pyridine rings is 1. The summed E-state index contributed by atoms with van der Waals surface area (Å²) in [6.45, 7) is 1.84. The lowest BCUT2D eigenvalue weighted by molar-refractivity contribution is -0.142. The monoisotopic (exact) mass is 327 g/mol. The molecule has 0 amide bonds. The smallest absolute Gasteiger partial charge is 0.306 e. The van der Waals surface area contributed by atoms with Gasteiger partial charge in [-0.2, -0.15) is 0 Å². The summed E-state index contributed by atoms with van der Waals surface area (Å²) in [4.78, 5) is 15.6. The zero-order valence-electron chi connectivity index (χ0n) is 13.8. The molecular formula is C20H22FNO2. The number of carbonyl (C=O) groups is 1. The number of benzene rings is 1. The molecule has 2 fully saturated rings. The van der Waals surface area contributed by atoms with Gasteiger partial charge in [0.2, 0.25) is 0 Å². The number of fused-ring (bicyclic) bond motifs is 2. The van der Waals surface area contributed by atoms with Crippen LogP contribution in [-0.4, -0.2) is 16.1 Å². The molecule has 126 valence electrons. The summed E-state index contributed by atoms with van der Waals surface area (Å²) in [5.41, 5.74) is 2.06. The summed E-state index contributed by atoms with van der Waals surface area (Å²) in [6, 6.07) is 6.83. The van der Waals surface area contributed by atoms with E-state index in [1.54, 1.807) is 12.1 Å². The Balaban J connectivity index is 1.56. The maximum absolute atomic E-state index is 13.7. The van der Waals surface area contributed by atoms with Gasteiger partial charge in [0.05, 0.1) is 11.4 Å². The van der Waals surface area contributed by atoms with Gasteiger partial charge in [-0.1, -0.05) is 6.92 Å². The van der Waals surface area contributed by atoms with Crippen LogP contribution in [0.4, 0.5) is 4.39 Å². The minimum atomic E-state index is -0.674. The van der Waals surface area contributed by atoms with Crippen molar-refractivity contribution in [3.8, 4) is 0 Å². The third kappa shape index (κ3) is 2.58. The molecule has 1 aromatic heterocycles. The number of carboxylic acid groups (broad SMARTS) is 1. The molecule has 1 N–H and O–H groups in total. The van der Waals surface area contributed by atoms with Crippen LogP contribution in [-0.2, 0) is 4.79 Å². The molecule has 5 atom stereocenters. The Morgan fingerprint density at radius 1 is 1.21 bits per heavy atom. The number of carboxylic acids is 1. The number of halogens is 1. The SMILES string of the molecule is C[C@@H](C(=O)O)[C@H]1C[C@H]2C[C@@H](c3ccnc4ccc(F)cc34)C[C@H]2C1. The molecule has 3 nitrogen and oxygen atoms in total. The van der Waals surface area contributed by atoms with Crippen LogP contribution in [0, 0.1) is 29.5 Å². The summed E-state index contributed by atoms with van der Waals surface area (Å²) < 4.78 is 13.7. The molecule has 0 unspecified atom stereocenters. The topological polar surface area (TPSA) is 50.2 Å². The quantitative estimate of drug-likeness (QED) is 0.895. The van der Waals surface area contributed by atoms with Crippen LogP contribution < -0.4 is 0 Å². The molecule has 24 heavy (non-hydrogen) atoms. The second-order valence-electron chi connectivity index (χ2n) is 7.61. The van der Waals surface area contributed by atoms with Gasteiger partial charge in [0.1, 0.15) is 5.82 Å². The van der Waals surface area contributed by atoms with E-state index in [9.17, 15) is 14.3 Å². The summed E-state index contributed by atoms with van der Waals surface area (Å²) in [5, 5.41) is 10.2. The first kappa shape index (κ1) is 15.6. The van der Waals surface area contributed by atoms with Gasteiger partial charge in [-0.15, -0.1) is 0 Å². The van der Waals surface area contributed by atoms with Crippen molar-refractivity contribution in [1.29, 1.82) is 0 Å². The van der Waals surface area contributed by atoms with Gasteiger partial charge >= 0.3 is 5.97 Å². The van der Waals surface area contributed by atoms with Crippen molar-refractivity contribution in [3.63, 3.8) is 0 Å². The lowest BCUT2D eigenvalue weighted by Crippen LogP contribution is -2.19. The molecule has 0 radical (unpaired) electrons. The highest BCUT2D eigenvalue weighted by atomic mass is 19.1. The van der Waals surface area contributed by atoms with Gasteiger partial charge in [-0.3, -0.25) is 9.78 Å². The minimum absolute atomic E-state index is 0.217. The number of hydrogen-bond donors (Lipinski definition) is 1. The van der Waals surface area contributed by atoms with E-state index >= 15 is 0 Å². The zero-order valence-corrected chi connectivity index (χ0v) is 13.8. The van der Waals surface area contributed by atoms with Crippen LogP contribution >= 0.6 is 0 Å². The molecule has 0 aliphatic heterocycles. The molecular weight excluding hydrogens is 305 g/mol. The average Bonchev–Trinajstić information content (AvgIpc) is 3.12. The fourth-order valence-corrected chi connectivity index (χ4v) is 5.02. The van der Waals surface area contributed by atoms with Crippen molar-refractivity contribution in [3.05, 3.63) is 41.8 Å². The third-order valence-electron chi connectivity index (χ3n) is 6.33. The van der Waals surface area contributed by atoms with Crippen LogP contribution in [0.5, 0.6) is 0 Å². The van der Waals surface area contributed by atoms with Crippen molar-refractivity contribution in [1.82, 2.24) is 4.98 Å². The fourth-order valence-electron chi connectivity index (χ4n) is 5.02.